The van der Waals surface area contributed by atoms with Crippen molar-refractivity contribution in [2.24, 2.45) is 0 Å². The first-order chi connectivity index (χ1) is 16.9. The summed E-state index contributed by atoms with van der Waals surface area (Å²) in [4.78, 5) is 13.9. The first kappa shape index (κ1) is 24.2. The summed E-state index contributed by atoms with van der Waals surface area (Å²) >= 11 is 0. The Hall–Kier alpha value is -3.98. The van der Waals surface area contributed by atoms with E-state index in [0.717, 1.165) is 28.9 Å². The van der Waals surface area contributed by atoms with Gasteiger partial charge in [-0.3, -0.25) is 4.98 Å². The number of hydrogen-bond donors (Lipinski definition) is 3. The molecule has 35 heavy (non-hydrogen) atoms. The first-order valence-corrected chi connectivity index (χ1v) is 13.2. The van der Waals surface area contributed by atoms with Crippen molar-refractivity contribution < 1.29 is 8.95 Å². The van der Waals surface area contributed by atoms with E-state index in [0.29, 0.717) is 35.5 Å². The van der Waals surface area contributed by atoms with Crippen LogP contribution in [0.5, 0.6) is 5.75 Å². The van der Waals surface area contributed by atoms with Gasteiger partial charge in [-0.2, -0.15) is 4.98 Å². The number of ether oxygens (including phenoxy) is 1. The second-order valence-electron chi connectivity index (χ2n) is 7.95. The first-order valence-electron chi connectivity index (χ1n) is 11.3. The van der Waals surface area contributed by atoms with E-state index in [2.05, 4.69) is 20.6 Å². The predicted octanol–water partition coefficient (Wildman–Crippen LogP) is 5.37. The normalized spacial score (nSPS) is 12.5. The van der Waals surface area contributed by atoms with Crippen molar-refractivity contribution in [1.29, 1.82) is 4.78 Å². The van der Waals surface area contributed by atoms with Gasteiger partial charge in [-0.1, -0.05) is 24.3 Å². The van der Waals surface area contributed by atoms with Crippen LogP contribution in [0.15, 0.2) is 84.1 Å². The van der Waals surface area contributed by atoms with Crippen molar-refractivity contribution in [3.63, 3.8) is 0 Å². The lowest BCUT2D eigenvalue weighted by molar-refractivity contribution is 0.340. The summed E-state index contributed by atoms with van der Waals surface area (Å²) in [5, 5.41) is 6.60. The van der Waals surface area contributed by atoms with Crippen molar-refractivity contribution in [2.75, 3.05) is 30.0 Å². The molecule has 0 amide bonds. The van der Waals surface area contributed by atoms with Crippen molar-refractivity contribution >= 4 is 27.2 Å². The Morgan fingerprint density at radius 2 is 1.89 bits per heavy atom. The highest BCUT2D eigenvalue weighted by Gasteiger charge is 2.11. The van der Waals surface area contributed by atoms with E-state index in [-0.39, 0.29) is 0 Å². The Bertz CT molecular complexity index is 1380. The van der Waals surface area contributed by atoms with E-state index in [1.807, 2.05) is 55.6 Å². The highest BCUT2D eigenvalue weighted by atomic mass is 32.2. The van der Waals surface area contributed by atoms with Crippen LogP contribution in [-0.4, -0.2) is 38.6 Å². The monoisotopic (exact) mass is 488 g/mol. The van der Waals surface area contributed by atoms with Crippen molar-refractivity contribution in [2.45, 2.75) is 18.2 Å². The lowest BCUT2D eigenvalue weighted by atomic mass is 10.1. The number of aromatic nitrogens is 3. The van der Waals surface area contributed by atoms with Gasteiger partial charge in [0.15, 0.2) is 0 Å². The van der Waals surface area contributed by atoms with Crippen molar-refractivity contribution in [3.05, 3.63) is 84.8 Å². The van der Waals surface area contributed by atoms with E-state index >= 15 is 0 Å². The number of nitrogens with one attached hydrogen (secondary N) is 3. The third kappa shape index (κ3) is 6.54. The molecule has 180 valence electrons. The fourth-order valence-electron chi connectivity index (χ4n) is 3.50. The summed E-state index contributed by atoms with van der Waals surface area (Å²) in [7, 11) is -2.82. The highest BCUT2D eigenvalue weighted by molar-refractivity contribution is 7.91. The van der Waals surface area contributed by atoms with Gasteiger partial charge in [0.2, 0.25) is 5.95 Å². The van der Waals surface area contributed by atoms with E-state index in [9.17, 15) is 4.21 Å². The van der Waals surface area contributed by atoms with Crippen LogP contribution in [0.25, 0.3) is 11.1 Å². The van der Waals surface area contributed by atoms with Gasteiger partial charge in [-0.25, -0.2) is 14.0 Å². The Morgan fingerprint density at radius 1 is 1.06 bits per heavy atom. The summed E-state index contributed by atoms with van der Waals surface area (Å²) in [6.45, 7) is 3.23. The summed E-state index contributed by atoms with van der Waals surface area (Å²) in [5.41, 5.74) is 3.62. The second kappa shape index (κ2) is 11.0. The molecule has 2 aromatic heterocycles. The minimum atomic E-state index is -2.82. The molecule has 0 bridgehead atoms. The summed E-state index contributed by atoms with van der Waals surface area (Å²) in [6, 6.07) is 18.8. The Balaban J connectivity index is 1.60. The van der Waals surface area contributed by atoms with Gasteiger partial charge in [-0.15, -0.1) is 0 Å². The average Bonchev–Trinajstić information content (AvgIpc) is 2.85. The zero-order valence-corrected chi connectivity index (χ0v) is 20.5. The molecule has 0 aliphatic heterocycles. The van der Waals surface area contributed by atoms with Crippen molar-refractivity contribution in [1.82, 2.24) is 15.0 Å². The van der Waals surface area contributed by atoms with E-state index in [1.54, 1.807) is 30.6 Å². The van der Waals surface area contributed by atoms with Crippen LogP contribution >= 0.6 is 0 Å². The molecule has 8 nitrogen and oxygen atoms in total. The molecule has 2 heterocycles. The number of benzene rings is 2. The van der Waals surface area contributed by atoms with Crippen LogP contribution < -0.4 is 15.4 Å². The second-order valence-corrected chi connectivity index (χ2v) is 10.1. The highest BCUT2D eigenvalue weighted by Crippen LogP contribution is 2.29. The van der Waals surface area contributed by atoms with Gasteiger partial charge in [-0.05, 0) is 60.9 Å². The van der Waals surface area contributed by atoms with Gasteiger partial charge < -0.3 is 15.4 Å². The number of pyridine rings is 1. The predicted molar refractivity (Wildman–Crippen MR) is 140 cm³/mol. The van der Waals surface area contributed by atoms with Crippen LogP contribution in [-0.2, 0) is 16.1 Å². The quantitative estimate of drug-likeness (QED) is 0.275. The third-order valence-corrected chi connectivity index (χ3v) is 6.39. The van der Waals surface area contributed by atoms with Gasteiger partial charge >= 0.3 is 0 Å². The molecule has 0 saturated heterocycles. The van der Waals surface area contributed by atoms with Crippen LogP contribution in [0.2, 0.25) is 0 Å². The van der Waals surface area contributed by atoms with Crippen LogP contribution in [0, 0.1) is 4.78 Å². The summed E-state index contributed by atoms with van der Waals surface area (Å²) in [5.74, 6) is 1.89. The molecule has 0 aliphatic carbocycles. The maximum absolute atomic E-state index is 12.1. The summed E-state index contributed by atoms with van der Waals surface area (Å²) in [6.07, 6.45) is 7.58. The van der Waals surface area contributed by atoms with Crippen LogP contribution in [0.3, 0.4) is 0 Å². The largest absolute Gasteiger partial charge is 0.494 e. The molecule has 9 heteroatoms. The molecule has 1 atom stereocenters. The van der Waals surface area contributed by atoms with E-state index in [1.165, 1.54) is 6.26 Å². The zero-order chi connectivity index (χ0) is 24.7. The Kier molecular flexibility index (Phi) is 7.57. The van der Waals surface area contributed by atoms with E-state index in [4.69, 9.17) is 14.5 Å². The van der Waals surface area contributed by atoms with Crippen LogP contribution in [0.1, 0.15) is 12.5 Å². The number of rotatable bonds is 10. The number of nitrogens with zero attached hydrogens (tertiary/aromatic N) is 3. The van der Waals surface area contributed by atoms with E-state index < -0.39 is 9.73 Å². The maximum Gasteiger partial charge on any atom is 0.229 e. The SMILES string of the molecule is CCOc1ccc(-c2cnc(Nc3cccc(S(C)(=N)=O)c3)nc2NCCc2cccnc2)cc1. The topological polar surface area (TPSA) is 113 Å². The Labute approximate surface area is 205 Å². The summed E-state index contributed by atoms with van der Waals surface area (Å²) < 4.78 is 25.5. The van der Waals surface area contributed by atoms with Crippen molar-refractivity contribution in [3.8, 4) is 16.9 Å². The van der Waals surface area contributed by atoms with Gasteiger partial charge in [0, 0.05) is 47.5 Å². The molecule has 0 radical (unpaired) electrons. The number of hydrogen-bond acceptors (Lipinski definition) is 8. The van der Waals surface area contributed by atoms with Gasteiger partial charge in [0.25, 0.3) is 0 Å². The fraction of sp³-hybridized carbons (Fsp3) is 0.192. The molecule has 2 aromatic carbocycles. The molecule has 0 saturated carbocycles. The molecule has 3 N–H and O–H groups in total. The lowest BCUT2D eigenvalue weighted by Crippen LogP contribution is -2.10. The Morgan fingerprint density at radius 3 is 2.60 bits per heavy atom. The minimum Gasteiger partial charge on any atom is -0.494 e. The molecule has 4 aromatic rings. The number of anilines is 3. The average molecular weight is 489 g/mol. The molecular formula is C26H28N6O2S. The van der Waals surface area contributed by atoms with Gasteiger partial charge in [0.05, 0.1) is 16.3 Å². The maximum atomic E-state index is 12.1. The zero-order valence-electron chi connectivity index (χ0n) is 19.7. The fourth-order valence-corrected chi connectivity index (χ4v) is 4.19. The van der Waals surface area contributed by atoms with Gasteiger partial charge in [0.1, 0.15) is 11.6 Å². The molecule has 4 rings (SSSR count). The lowest BCUT2D eigenvalue weighted by Gasteiger charge is -2.14. The minimum absolute atomic E-state index is 0.397. The molecule has 0 aliphatic rings. The smallest absolute Gasteiger partial charge is 0.229 e. The molecule has 0 fully saturated rings. The molecule has 1 unspecified atom stereocenters. The van der Waals surface area contributed by atoms with Crippen LogP contribution in [0.4, 0.5) is 17.5 Å². The standard InChI is InChI=1S/C26H28N6O2S/c1-3-34-22-11-9-20(10-12-22)24-18-30-26(31-21-7-4-8-23(16-21)35(2,27)33)32-25(24)29-15-13-19-6-5-14-28-17-19/h4-12,14,16-18,27H,3,13,15H2,1-2H3,(H2,29,30,31,32). The molecular weight excluding hydrogens is 460 g/mol. The third-order valence-electron chi connectivity index (χ3n) is 5.23. The molecule has 0 spiro atoms.